The number of para-hydroxylation sites is 2. The Hall–Kier alpha value is -3.44. The van der Waals surface area contributed by atoms with Gasteiger partial charge in [-0.05, 0) is 81.1 Å². The summed E-state index contributed by atoms with van der Waals surface area (Å²) >= 11 is 0. The lowest BCUT2D eigenvalue weighted by atomic mass is 9.92. The number of hydrogen-bond donors (Lipinski definition) is 1. The summed E-state index contributed by atoms with van der Waals surface area (Å²) in [6, 6.07) is 27.3. The molecule has 1 heterocycles. The highest BCUT2D eigenvalue weighted by Crippen LogP contribution is 2.30. The van der Waals surface area contributed by atoms with E-state index in [2.05, 4.69) is 35.2 Å². The maximum Gasteiger partial charge on any atom is 0.250 e. The Morgan fingerprint density at radius 2 is 1.53 bits per heavy atom. The molecule has 5 nitrogen and oxygen atoms in total. The van der Waals surface area contributed by atoms with E-state index in [1.165, 1.54) is 18.4 Å². The normalized spacial score (nSPS) is 16.5. The molecule has 1 atom stereocenters. The first kappa shape index (κ1) is 23.7. The van der Waals surface area contributed by atoms with Gasteiger partial charge in [-0.2, -0.15) is 0 Å². The number of anilines is 2. The van der Waals surface area contributed by atoms with Crippen molar-refractivity contribution >= 4 is 23.2 Å². The van der Waals surface area contributed by atoms with Gasteiger partial charge in [0.2, 0.25) is 5.91 Å². The number of nitrogens with two attached hydrogens (primary N) is 1. The van der Waals surface area contributed by atoms with Gasteiger partial charge in [0.05, 0.1) is 11.3 Å². The van der Waals surface area contributed by atoms with Crippen LogP contribution in [0.3, 0.4) is 0 Å². The monoisotopic (exact) mass is 455 g/mol. The number of nitrogens with zero attached hydrogens (tertiary/aromatic N) is 2. The van der Waals surface area contributed by atoms with Gasteiger partial charge in [-0.3, -0.25) is 14.5 Å². The fourth-order valence-corrected chi connectivity index (χ4v) is 4.88. The highest BCUT2D eigenvalue weighted by Gasteiger charge is 2.23. The minimum absolute atomic E-state index is 0.0307. The summed E-state index contributed by atoms with van der Waals surface area (Å²) in [5, 5.41) is 0. The Kier molecular flexibility index (Phi) is 8.10. The van der Waals surface area contributed by atoms with Gasteiger partial charge < -0.3 is 10.6 Å². The third-order valence-corrected chi connectivity index (χ3v) is 6.63. The fourth-order valence-electron chi connectivity index (χ4n) is 4.88. The predicted molar refractivity (Wildman–Crippen MR) is 137 cm³/mol. The van der Waals surface area contributed by atoms with Gasteiger partial charge in [0, 0.05) is 12.1 Å². The van der Waals surface area contributed by atoms with Crippen LogP contribution in [-0.4, -0.2) is 36.3 Å². The van der Waals surface area contributed by atoms with E-state index in [9.17, 15) is 9.59 Å². The van der Waals surface area contributed by atoms with Gasteiger partial charge in [0.15, 0.2) is 0 Å². The summed E-state index contributed by atoms with van der Waals surface area (Å²) in [7, 11) is 0. The van der Waals surface area contributed by atoms with E-state index in [0.717, 1.165) is 38.2 Å². The van der Waals surface area contributed by atoms with Gasteiger partial charge in [-0.25, -0.2) is 0 Å². The maximum atomic E-state index is 13.4. The van der Waals surface area contributed by atoms with E-state index in [-0.39, 0.29) is 5.91 Å². The zero-order valence-electron chi connectivity index (χ0n) is 19.6. The molecule has 3 aromatic rings. The lowest BCUT2D eigenvalue weighted by molar-refractivity contribution is -0.118. The number of primary amides is 1. The maximum absolute atomic E-state index is 13.4. The van der Waals surface area contributed by atoms with Crippen LogP contribution in [0.5, 0.6) is 0 Å². The van der Waals surface area contributed by atoms with Crippen molar-refractivity contribution in [2.24, 2.45) is 5.73 Å². The van der Waals surface area contributed by atoms with Crippen molar-refractivity contribution < 1.29 is 9.59 Å². The topological polar surface area (TPSA) is 66.6 Å². The molecule has 2 amide bonds. The zero-order chi connectivity index (χ0) is 23.8. The molecule has 0 radical (unpaired) electrons. The zero-order valence-corrected chi connectivity index (χ0v) is 19.6. The third-order valence-electron chi connectivity index (χ3n) is 6.63. The minimum Gasteiger partial charge on any atom is -0.366 e. The molecule has 176 valence electrons. The summed E-state index contributed by atoms with van der Waals surface area (Å²) in [6.07, 6.45) is 4.72. The number of amides is 2. The van der Waals surface area contributed by atoms with Crippen LogP contribution in [0.2, 0.25) is 0 Å². The molecule has 0 spiro atoms. The van der Waals surface area contributed by atoms with Crippen LogP contribution >= 0.6 is 0 Å². The second kappa shape index (κ2) is 11.6. The summed E-state index contributed by atoms with van der Waals surface area (Å²) in [5.74, 6) is 0.0467. The first-order chi connectivity index (χ1) is 16.6. The molecule has 0 bridgehead atoms. The summed E-state index contributed by atoms with van der Waals surface area (Å²) in [5.41, 5.74) is 8.67. The van der Waals surface area contributed by atoms with Gasteiger partial charge >= 0.3 is 0 Å². The number of hydrogen-bond acceptors (Lipinski definition) is 3. The molecule has 2 N–H and O–H groups in total. The lowest BCUT2D eigenvalue weighted by Gasteiger charge is -2.26. The van der Waals surface area contributed by atoms with Gasteiger partial charge in [-0.15, -0.1) is 0 Å². The first-order valence-corrected chi connectivity index (χ1v) is 12.2. The van der Waals surface area contributed by atoms with Crippen LogP contribution in [0, 0.1) is 0 Å². The van der Waals surface area contributed by atoms with E-state index in [1.54, 1.807) is 23.1 Å². The lowest BCUT2D eigenvalue weighted by Crippen LogP contribution is -2.30. The number of likely N-dealkylation sites (tertiary alicyclic amines) is 1. The predicted octanol–water partition coefficient (Wildman–Crippen LogP) is 5.50. The minimum atomic E-state index is -0.540. The number of carbonyl (C=O) groups excluding carboxylic acids is 2. The SMILES string of the molecule is NC(=O)c1ccccc1N(C(=O)CCCN1CCCC(c2ccccc2)CC1)c1ccccc1. The van der Waals surface area contributed by atoms with Crippen LogP contribution in [0.25, 0.3) is 0 Å². The molecule has 1 aliphatic rings. The van der Waals surface area contributed by atoms with Gasteiger partial charge in [0.1, 0.15) is 0 Å². The summed E-state index contributed by atoms with van der Waals surface area (Å²) in [4.78, 5) is 29.6. The number of benzene rings is 3. The average molecular weight is 456 g/mol. The molecule has 0 aromatic heterocycles. The van der Waals surface area contributed by atoms with Gasteiger partial charge in [0.25, 0.3) is 5.91 Å². The molecular weight excluding hydrogens is 422 g/mol. The molecule has 0 saturated carbocycles. The average Bonchev–Trinajstić information content (AvgIpc) is 3.11. The smallest absolute Gasteiger partial charge is 0.250 e. The fraction of sp³-hybridized carbons (Fsp3) is 0.310. The van der Waals surface area contributed by atoms with Crippen LogP contribution in [0.1, 0.15) is 53.9 Å². The Morgan fingerprint density at radius 1 is 0.853 bits per heavy atom. The van der Waals surface area contributed by atoms with Crippen molar-refractivity contribution in [2.75, 3.05) is 24.5 Å². The Morgan fingerprint density at radius 3 is 2.26 bits per heavy atom. The summed E-state index contributed by atoms with van der Waals surface area (Å²) in [6.45, 7) is 3.03. The molecular formula is C29H33N3O2. The standard InChI is InChI=1S/C29H33N3O2/c30-29(34)26-16-7-8-17-27(26)32(25-14-5-2-6-15-25)28(33)18-10-21-31-20-9-13-24(19-22-31)23-11-3-1-4-12-23/h1-8,11-12,14-17,24H,9-10,13,18-22H2,(H2,30,34). The highest BCUT2D eigenvalue weighted by molar-refractivity contribution is 6.07. The quantitative estimate of drug-likeness (QED) is 0.488. The van der Waals surface area contributed by atoms with Crippen molar-refractivity contribution in [1.82, 2.24) is 4.90 Å². The Bertz CT molecular complexity index is 1080. The third kappa shape index (κ3) is 5.91. The molecule has 5 heteroatoms. The van der Waals surface area contributed by atoms with Crippen LogP contribution in [0.4, 0.5) is 11.4 Å². The van der Waals surface area contributed by atoms with Crippen molar-refractivity contribution in [1.29, 1.82) is 0 Å². The number of rotatable bonds is 8. The molecule has 34 heavy (non-hydrogen) atoms. The van der Waals surface area contributed by atoms with E-state index in [4.69, 9.17) is 5.73 Å². The molecule has 1 fully saturated rings. The molecule has 1 aliphatic heterocycles. The van der Waals surface area contributed by atoms with E-state index < -0.39 is 5.91 Å². The van der Waals surface area contributed by atoms with Crippen molar-refractivity contribution in [2.45, 2.75) is 38.0 Å². The van der Waals surface area contributed by atoms with Crippen molar-refractivity contribution in [3.63, 3.8) is 0 Å². The van der Waals surface area contributed by atoms with Crippen LogP contribution in [-0.2, 0) is 4.79 Å². The Labute approximate surface area is 202 Å². The van der Waals surface area contributed by atoms with Gasteiger partial charge in [-0.1, -0.05) is 60.7 Å². The largest absolute Gasteiger partial charge is 0.366 e. The van der Waals surface area contributed by atoms with Crippen molar-refractivity contribution in [3.05, 3.63) is 96.1 Å². The molecule has 1 unspecified atom stereocenters. The molecule has 1 saturated heterocycles. The molecule has 0 aliphatic carbocycles. The van der Waals surface area contributed by atoms with E-state index in [1.807, 2.05) is 36.4 Å². The molecule has 4 rings (SSSR count). The van der Waals surface area contributed by atoms with Crippen LogP contribution in [0.15, 0.2) is 84.9 Å². The molecule has 3 aromatic carbocycles. The number of carbonyl (C=O) groups is 2. The second-order valence-electron chi connectivity index (χ2n) is 8.93. The summed E-state index contributed by atoms with van der Waals surface area (Å²) < 4.78 is 0. The van der Waals surface area contributed by atoms with E-state index in [0.29, 0.717) is 23.6 Å². The van der Waals surface area contributed by atoms with E-state index >= 15 is 0 Å². The highest BCUT2D eigenvalue weighted by atomic mass is 16.2. The van der Waals surface area contributed by atoms with Crippen LogP contribution < -0.4 is 10.6 Å². The second-order valence-corrected chi connectivity index (χ2v) is 8.93. The Balaban J connectivity index is 1.40. The van der Waals surface area contributed by atoms with Crippen molar-refractivity contribution in [3.8, 4) is 0 Å². The first-order valence-electron chi connectivity index (χ1n) is 12.2.